The molecule has 0 radical (unpaired) electrons. The Morgan fingerprint density at radius 1 is 1.21 bits per heavy atom. The molecule has 1 aliphatic heterocycles. The second kappa shape index (κ2) is 6.85. The third kappa shape index (κ3) is 3.26. The minimum atomic E-state index is -1.48. The van der Waals surface area contributed by atoms with E-state index in [-0.39, 0.29) is 18.7 Å². The van der Waals surface area contributed by atoms with Gasteiger partial charge in [0.15, 0.2) is 0 Å². The van der Waals surface area contributed by atoms with E-state index in [4.69, 9.17) is 11.6 Å². The molecule has 1 saturated heterocycles. The molecule has 2 heterocycles. The smallest absolute Gasteiger partial charge is 0.233 e. The quantitative estimate of drug-likeness (QED) is 0.850. The lowest BCUT2D eigenvalue weighted by Gasteiger charge is -2.37. The van der Waals surface area contributed by atoms with E-state index in [2.05, 4.69) is 9.97 Å². The number of hydrogen-bond acceptors (Lipinski definition) is 3. The summed E-state index contributed by atoms with van der Waals surface area (Å²) in [5, 5.41) is 0.436. The van der Waals surface area contributed by atoms with Gasteiger partial charge < -0.3 is 4.90 Å². The van der Waals surface area contributed by atoms with Crippen molar-refractivity contribution in [2.24, 2.45) is 0 Å². The lowest BCUT2D eigenvalue weighted by molar-refractivity contribution is -0.135. The average Bonchev–Trinajstić information content (AvgIpc) is 2.62. The predicted octanol–water partition coefficient (Wildman–Crippen LogP) is 3.72. The number of halogens is 2. The first-order valence-electron chi connectivity index (χ1n) is 8.01. The van der Waals surface area contributed by atoms with Gasteiger partial charge in [0, 0.05) is 48.9 Å². The third-order valence-electron chi connectivity index (χ3n) is 4.57. The Kier molecular flexibility index (Phi) is 4.81. The van der Waals surface area contributed by atoms with Crippen molar-refractivity contribution in [3.63, 3.8) is 0 Å². The van der Waals surface area contributed by atoms with Crippen LogP contribution in [0.4, 0.5) is 4.39 Å². The van der Waals surface area contributed by atoms with E-state index in [1.807, 2.05) is 0 Å². The van der Waals surface area contributed by atoms with Crippen molar-refractivity contribution >= 4 is 17.5 Å². The fourth-order valence-corrected chi connectivity index (χ4v) is 3.40. The summed E-state index contributed by atoms with van der Waals surface area (Å²) >= 11 is 6.14. The van der Waals surface area contributed by atoms with Crippen LogP contribution in [0.25, 0.3) is 0 Å². The van der Waals surface area contributed by atoms with Gasteiger partial charge in [-0.25, -0.2) is 14.4 Å². The van der Waals surface area contributed by atoms with Crippen molar-refractivity contribution in [1.29, 1.82) is 0 Å². The van der Waals surface area contributed by atoms with Crippen LogP contribution in [-0.4, -0.2) is 33.9 Å². The molecule has 126 valence electrons. The van der Waals surface area contributed by atoms with Crippen molar-refractivity contribution in [2.75, 3.05) is 13.1 Å². The molecular weight excluding hydrogens is 329 g/mol. The lowest BCUT2D eigenvalue weighted by Crippen LogP contribution is -2.45. The van der Waals surface area contributed by atoms with E-state index in [0.29, 0.717) is 29.5 Å². The van der Waals surface area contributed by atoms with Gasteiger partial charge in [-0.1, -0.05) is 29.8 Å². The molecule has 1 fully saturated rings. The molecule has 1 amide bonds. The summed E-state index contributed by atoms with van der Waals surface area (Å²) in [6.07, 6.45) is 3.72. The van der Waals surface area contributed by atoms with Gasteiger partial charge in [-0.15, -0.1) is 0 Å². The number of benzene rings is 1. The Hall–Kier alpha value is -2.01. The average molecular weight is 348 g/mol. The minimum absolute atomic E-state index is 0.0672. The van der Waals surface area contributed by atoms with Crippen molar-refractivity contribution in [2.45, 2.75) is 31.4 Å². The third-order valence-corrected chi connectivity index (χ3v) is 4.90. The normalized spacial score (nSPS) is 18.2. The van der Waals surface area contributed by atoms with Gasteiger partial charge in [-0.2, -0.15) is 0 Å². The first-order valence-corrected chi connectivity index (χ1v) is 8.39. The van der Waals surface area contributed by atoms with Crippen LogP contribution in [0, 0.1) is 0 Å². The van der Waals surface area contributed by atoms with E-state index in [9.17, 15) is 4.79 Å². The molecule has 2 aromatic rings. The van der Waals surface area contributed by atoms with Gasteiger partial charge in [-0.05, 0) is 19.1 Å². The summed E-state index contributed by atoms with van der Waals surface area (Å²) in [6.45, 7) is 2.50. The zero-order valence-corrected chi connectivity index (χ0v) is 14.2. The van der Waals surface area contributed by atoms with Crippen LogP contribution >= 0.6 is 11.6 Å². The number of carbonyl (C=O) groups excluding carboxylic acids is 1. The molecule has 1 aromatic heterocycles. The first kappa shape index (κ1) is 16.8. The lowest BCUT2D eigenvalue weighted by atomic mass is 9.85. The van der Waals surface area contributed by atoms with Crippen LogP contribution in [-0.2, 0) is 10.5 Å². The fraction of sp³-hybridized carbons (Fsp3) is 0.389. The van der Waals surface area contributed by atoms with Gasteiger partial charge in [0.05, 0.1) is 5.92 Å². The topological polar surface area (TPSA) is 46.1 Å². The second-order valence-electron chi connectivity index (χ2n) is 6.10. The number of aromatic nitrogens is 2. The van der Waals surface area contributed by atoms with Crippen LogP contribution in [0.1, 0.15) is 37.1 Å². The Bertz CT molecular complexity index is 717. The van der Waals surface area contributed by atoms with E-state index in [1.54, 1.807) is 54.5 Å². The molecular formula is C18H19ClFN3O. The molecule has 0 aliphatic carbocycles. The highest BCUT2D eigenvalue weighted by atomic mass is 35.5. The number of carbonyl (C=O) groups is 1. The summed E-state index contributed by atoms with van der Waals surface area (Å²) in [6, 6.07) is 8.71. The molecule has 3 rings (SSSR count). The highest BCUT2D eigenvalue weighted by molar-refractivity contribution is 6.31. The highest BCUT2D eigenvalue weighted by Crippen LogP contribution is 2.40. The van der Waals surface area contributed by atoms with Crippen molar-refractivity contribution < 1.29 is 9.18 Å². The number of alkyl halides is 1. The molecule has 0 N–H and O–H groups in total. The van der Waals surface area contributed by atoms with Crippen LogP contribution in [0.3, 0.4) is 0 Å². The van der Waals surface area contributed by atoms with Gasteiger partial charge in [-0.3, -0.25) is 4.79 Å². The number of nitrogens with zero attached hydrogens (tertiary/aromatic N) is 3. The van der Waals surface area contributed by atoms with Crippen LogP contribution in [0.5, 0.6) is 0 Å². The van der Waals surface area contributed by atoms with Crippen molar-refractivity contribution in [3.05, 3.63) is 59.1 Å². The number of hydrogen-bond donors (Lipinski definition) is 0. The number of piperidine rings is 1. The van der Waals surface area contributed by atoms with Crippen molar-refractivity contribution in [1.82, 2.24) is 14.9 Å². The SMILES string of the molecule is CC(C(=O)N1CCC(F)(c2ccccc2Cl)CC1)c1ncccn1. The van der Waals surface area contributed by atoms with Crippen molar-refractivity contribution in [3.8, 4) is 0 Å². The summed E-state index contributed by atoms with van der Waals surface area (Å²) < 4.78 is 15.3. The Morgan fingerprint density at radius 3 is 2.46 bits per heavy atom. The maximum Gasteiger partial charge on any atom is 0.233 e. The summed E-state index contributed by atoms with van der Waals surface area (Å²) in [7, 11) is 0. The molecule has 1 aromatic carbocycles. The number of amides is 1. The molecule has 1 unspecified atom stereocenters. The van der Waals surface area contributed by atoms with Gasteiger partial charge in [0.2, 0.25) is 5.91 Å². The molecule has 1 aliphatic rings. The van der Waals surface area contributed by atoms with Gasteiger partial charge in [0.1, 0.15) is 11.5 Å². The minimum Gasteiger partial charge on any atom is -0.342 e. The molecule has 6 heteroatoms. The molecule has 0 spiro atoms. The van der Waals surface area contributed by atoms with E-state index < -0.39 is 11.6 Å². The predicted molar refractivity (Wildman–Crippen MR) is 90.5 cm³/mol. The maximum absolute atomic E-state index is 15.3. The first-order chi connectivity index (χ1) is 11.5. The second-order valence-corrected chi connectivity index (χ2v) is 6.51. The molecule has 0 bridgehead atoms. The van der Waals surface area contributed by atoms with Gasteiger partial charge >= 0.3 is 0 Å². The van der Waals surface area contributed by atoms with Crippen LogP contribution in [0.15, 0.2) is 42.7 Å². The Labute approximate surface area is 145 Å². The largest absolute Gasteiger partial charge is 0.342 e. The summed E-state index contributed by atoms with van der Waals surface area (Å²) in [5.41, 5.74) is -0.972. The monoisotopic (exact) mass is 347 g/mol. The zero-order valence-electron chi connectivity index (χ0n) is 13.5. The summed E-state index contributed by atoms with van der Waals surface area (Å²) in [5.74, 6) is -0.00766. The van der Waals surface area contributed by atoms with E-state index >= 15 is 4.39 Å². The van der Waals surface area contributed by atoms with Gasteiger partial charge in [0.25, 0.3) is 0 Å². The molecule has 1 atom stereocenters. The summed E-state index contributed by atoms with van der Waals surface area (Å²) in [4.78, 5) is 22.6. The van der Waals surface area contributed by atoms with Crippen LogP contribution < -0.4 is 0 Å². The Morgan fingerprint density at radius 2 is 1.83 bits per heavy atom. The Balaban J connectivity index is 1.69. The molecule has 4 nitrogen and oxygen atoms in total. The molecule has 0 saturated carbocycles. The number of rotatable bonds is 3. The highest BCUT2D eigenvalue weighted by Gasteiger charge is 2.39. The van der Waals surface area contributed by atoms with E-state index in [1.165, 1.54) is 0 Å². The number of likely N-dealkylation sites (tertiary alicyclic amines) is 1. The zero-order chi connectivity index (χ0) is 17.2. The molecule has 24 heavy (non-hydrogen) atoms. The van der Waals surface area contributed by atoms with Crippen LogP contribution in [0.2, 0.25) is 5.02 Å². The maximum atomic E-state index is 15.3. The van der Waals surface area contributed by atoms with E-state index in [0.717, 1.165) is 0 Å². The fourth-order valence-electron chi connectivity index (χ4n) is 3.09. The standard InChI is InChI=1S/C18H19ClFN3O/c1-13(16-21-9-4-10-22-16)17(24)23-11-7-18(20,8-12-23)14-5-2-3-6-15(14)19/h2-6,9-10,13H,7-8,11-12H2,1H3.